The molecule has 0 amide bonds. The Kier molecular flexibility index (Phi) is 3.22. The number of benzene rings is 1. The molecule has 1 heterocycles. The van der Waals surface area contributed by atoms with Crippen LogP contribution in [0, 0.1) is 15.9 Å². The summed E-state index contributed by atoms with van der Waals surface area (Å²) in [5.41, 5.74) is 0.841. The summed E-state index contributed by atoms with van der Waals surface area (Å²) in [6.07, 6.45) is 1.62. The minimum Gasteiger partial charge on any atom is -0.374 e. The van der Waals surface area contributed by atoms with Crippen molar-refractivity contribution in [3.8, 4) is 0 Å². The van der Waals surface area contributed by atoms with Crippen LogP contribution in [-0.2, 0) is 13.6 Å². The highest BCUT2D eigenvalue weighted by atomic mass is 19.1. The summed E-state index contributed by atoms with van der Waals surface area (Å²) < 4.78 is 14.7. The summed E-state index contributed by atoms with van der Waals surface area (Å²) in [6, 6.07) is 5.08. The Morgan fingerprint density at radius 2 is 2.28 bits per heavy atom. The molecule has 1 aromatic heterocycles. The Bertz CT molecular complexity index is 582. The number of rotatable bonds is 4. The van der Waals surface area contributed by atoms with Crippen LogP contribution in [0.15, 0.2) is 30.5 Å². The van der Waals surface area contributed by atoms with Gasteiger partial charge < -0.3 is 5.32 Å². The molecule has 0 saturated heterocycles. The number of nitrogens with one attached hydrogen (secondary N) is 1. The van der Waals surface area contributed by atoms with E-state index >= 15 is 0 Å². The first-order valence-corrected chi connectivity index (χ1v) is 5.22. The van der Waals surface area contributed by atoms with Crippen molar-refractivity contribution in [3.63, 3.8) is 0 Å². The highest BCUT2D eigenvalue weighted by Gasteiger charge is 2.14. The number of hydrogen-bond acceptors (Lipinski definition) is 4. The van der Waals surface area contributed by atoms with Crippen molar-refractivity contribution in [2.24, 2.45) is 7.05 Å². The normalized spacial score (nSPS) is 10.3. The van der Waals surface area contributed by atoms with Gasteiger partial charge in [-0.2, -0.15) is 5.10 Å². The first-order chi connectivity index (χ1) is 8.58. The Labute approximate surface area is 102 Å². The topological polar surface area (TPSA) is 73.0 Å². The molecule has 0 aliphatic carbocycles. The maximum atomic E-state index is 13.1. The van der Waals surface area contributed by atoms with Gasteiger partial charge in [0.05, 0.1) is 17.2 Å². The molecule has 7 heteroatoms. The number of nitro benzene ring substituents is 1. The molecule has 6 nitrogen and oxygen atoms in total. The van der Waals surface area contributed by atoms with Crippen molar-refractivity contribution in [2.75, 3.05) is 5.32 Å². The lowest BCUT2D eigenvalue weighted by Gasteiger charge is -2.07. The standard InChI is InChI=1S/C11H11FN4O2/c1-15-9(4-5-14-15)7-13-10-6-8(12)2-3-11(10)16(17)18/h2-6,13H,7H2,1H3. The van der Waals surface area contributed by atoms with Crippen molar-refractivity contribution in [1.29, 1.82) is 0 Å². The minimum absolute atomic E-state index is 0.154. The van der Waals surface area contributed by atoms with Gasteiger partial charge in [-0.1, -0.05) is 0 Å². The number of nitrogens with zero attached hydrogens (tertiary/aromatic N) is 3. The smallest absolute Gasteiger partial charge is 0.292 e. The van der Waals surface area contributed by atoms with E-state index in [0.29, 0.717) is 6.54 Å². The van der Waals surface area contributed by atoms with E-state index in [2.05, 4.69) is 10.4 Å². The average Bonchev–Trinajstić information content (AvgIpc) is 2.72. The second-order valence-electron chi connectivity index (χ2n) is 3.72. The van der Waals surface area contributed by atoms with Gasteiger partial charge in [0.25, 0.3) is 5.69 Å². The maximum absolute atomic E-state index is 13.1. The van der Waals surface area contributed by atoms with Crippen molar-refractivity contribution in [3.05, 3.63) is 52.1 Å². The van der Waals surface area contributed by atoms with Crippen LogP contribution in [0.25, 0.3) is 0 Å². The van der Waals surface area contributed by atoms with Crippen LogP contribution in [0.1, 0.15) is 5.69 Å². The molecule has 1 N–H and O–H groups in total. The van der Waals surface area contributed by atoms with Crippen LogP contribution in [-0.4, -0.2) is 14.7 Å². The lowest BCUT2D eigenvalue weighted by molar-refractivity contribution is -0.384. The predicted molar refractivity (Wildman–Crippen MR) is 63.6 cm³/mol. The zero-order valence-electron chi connectivity index (χ0n) is 9.63. The molecule has 0 aliphatic rings. The average molecular weight is 250 g/mol. The van der Waals surface area contributed by atoms with E-state index in [1.54, 1.807) is 24.0 Å². The van der Waals surface area contributed by atoms with Gasteiger partial charge in [0.2, 0.25) is 0 Å². The monoisotopic (exact) mass is 250 g/mol. The summed E-state index contributed by atoms with van der Waals surface area (Å²) in [7, 11) is 1.76. The lowest BCUT2D eigenvalue weighted by Crippen LogP contribution is -2.07. The molecule has 18 heavy (non-hydrogen) atoms. The second-order valence-corrected chi connectivity index (χ2v) is 3.72. The summed E-state index contributed by atoms with van der Waals surface area (Å²) in [5, 5.41) is 17.6. The molecule has 0 saturated carbocycles. The number of hydrogen-bond donors (Lipinski definition) is 1. The van der Waals surface area contributed by atoms with E-state index in [1.807, 2.05) is 0 Å². The van der Waals surface area contributed by atoms with Crippen LogP contribution >= 0.6 is 0 Å². The molecular weight excluding hydrogens is 239 g/mol. The first kappa shape index (κ1) is 12.0. The number of aryl methyl sites for hydroxylation is 1. The van der Waals surface area contributed by atoms with Gasteiger partial charge in [-0.25, -0.2) is 4.39 Å². The maximum Gasteiger partial charge on any atom is 0.292 e. The van der Waals surface area contributed by atoms with Gasteiger partial charge in [0, 0.05) is 25.4 Å². The van der Waals surface area contributed by atoms with Crippen molar-refractivity contribution < 1.29 is 9.31 Å². The molecule has 0 radical (unpaired) electrons. The SMILES string of the molecule is Cn1nccc1CNc1cc(F)ccc1[N+](=O)[O-]. The van der Waals surface area contributed by atoms with Crippen molar-refractivity contribution in [1.82, 2.24) is 9.78 Å². The fraction of sp³-hybridized carbons (Fsp3) is 0.182. The van der Waals surface area contributed by atoms with Gasteiger partial charge in [-0.05, 0) is 12.1 Å². The summed E-state index contributed by atoms with van der Waals surface area (Å²) in [6.45, 7) is 0.334. The fourth-order valence-electron chi connectivity index (χ4n) is 1.57. The van der Waals surface area contributed by atoms with Gasteiger partial charge in [-0.15, -0.1) is 0 Å². The molecule has 0 bridgehead atoms. The lowest BCUT2D eigenvalue weighted by atomic mass is 10.2. The third-order valence-corrected chi connectivity index (χ3v) is 2.54. The van der Waals surface area contributed by atoms with Crippen LogP contribution in [0.4, 0.5) is 15.8 Å². The molecular formula is C11H11FN4O2. The van der Waals surface area contributed by atoms with Gasteiger partial charge in [-0.3, -0.25) is 14.8 Å². The van der Waals surface area contributed by atoms with Crippen LogP contribution in [0.2, 0.25) is 0 Å². The first-order valence-electron chi connectivity index (χ1n) is 5.22. The largest absolute Gasteiger partial charge is 0.374 e. The van der Waals surface area contributed by atoms with Gasteiger partial charge in [0.1, 0.15) is 11.5 Å². The van der Waals surface area contributed by atoms with E-state index in [1.165, 1.54) is 0 Å². The third kappa shape index (κ3) is 2.45. The van der Waals surface area contributed by atoms with E-state index in [4.69, 9.17) is 0 Å². The number of anilines is 1. The summed E-state index contributed by atoms with van der Waals surface area (Å²) >= 11 is 0. The Balaban J connectivity index is 2.20. The molecule has 0 aliphatic heterocycles. The Morgan fingerprint density at radius 3 is 2.89 bits per heavy atom. The second kappa shape index (κ2) is 4.82. The summed E-state index contributed by atoms with van der Waals surface area (Å²) in [4.78, 5) is 10.2. The van der Waals surface area contributed by atoms with Crippen LogP contribution < -0.4 is 5.32 Å². The third-order valence-electron chi connectivity index (χ3n) is 2.54. The van der Waals surface area contributed by atoms with Gasteiger partial charge >= 0.3 is 0 Å². The molecule has 0 atom stereocenters. The van der Waals surface area contributed by atoms with Crippen molar-refractivity contribution in [2.45, 2.75) is 6.54 Å². The number of halogens is 1. The number of nitro groups is 1. The summed E-state index contributed by atoms with van der Waals surface area (Å²) in [5.74, 6) is -0.520. The predicted octanol–water partition coefficient (Wildman–Crippen LogP) is 2.08. The molecule has 94 valence electrons. The number of aromatic nitrogens is 2. The molecule has 0 fully saturated rings. The zero-order chi connectivity index (χ0) is 13.1. The van der Waals surface area contributed by atoms with E-state index in [-0.39, 0.29) is 11.4 Å². The van der Waals surface area contributed by atoms with Crippen LogP contribution in [0.3, 0.4) is 0 Å². The van der Waals surface area contributed by atoms with Gasteiger partial charge in [0.15, 0.2) is 0 Å². The molecule has 2 rings (SSSR count). The van der Waals surface area contributed by atoms with Crippen LogP contribution in [0.5, 0.6) is 0 Å². The van der Waals surface area contributed by atoms with E-state index < -0.39 is 10.7 Å². The van der Waals surface area contributed by atoms with Crippen molar-refractivity contribution >= 4 is 11.4 Å². The van der Waals surface area contributed by atoms with E-state index in [9.17, 15) is 14.5 Å². The molecule has 2 aromatic rings. The molecule has 1 aromatic carbocycles. The Morgan fingerprint density at radius 1 is 1.50 bits per heavy atom. The zero-order valence-corrected chi connectivity index (χ0v) is 9.63. The quantitative estimate of drug-likeness (QED) is 0.666. The Hall–Kier alpha value is -2.44. The minimum atomic E-state index is -0.551. The molecule has 0 spiro atoms. The highest BCUT2D eigenvalue weighted by molar-refractivity contribution is 5.61. The highest BCUT2D eigenvalue weighted by Crippen LogP contribution is 2.25. The molecule has 0 unspecified atom stereocenters. The fourth-order valence-corrected chi connectivity index (χ4v) is 1.57. The van der Waals surface area contributed by atoms with E-state index in [0.717, 1.165) is 23.9 Å².